The first kappa shape index (κ1) is 14.7. The van der Waals surface area contributed by atoms with Crippen LogP contribution in [0.25, 0.3) is 0 Å². The van der Waals surface area contributed by atoms with E-state index in [-0.39, 0.29) is 16.6 Å². The third kappa shape index (κ3) is 2.76. The first-order valence-electron chi connectivity index (χ1n) is 6.44. The number of benzene rings is 1. The molecule has 0 spiro atoms. The standard InChI is InChI=1S/C13H16ClN3O3/c1-2-13(5-6-15-8-13)12(18)16-9-3-4-10(14)11(7-9)17(19)20/h3-4,7,15H,2,5-6,8H2,1H3,(H,16,18). The van der Waals surface area contributed by atoms with E-state index < -0.39 is 10.3 Å². The monoisotopic (exact) mass is 297 g/mol. The zero-order valence-corrected chi connectivity index (χ0v) is 11.9. The largest absolute Gasteiger partial charge is 0.325 e. The van der Waals surface area contributed by atoms with Gasteiger partial charge in [-0.05, 0) is 31.5 Å². The van der Waals surface area contributed by atoms with Gasteiger partial charge in [-0.25, -0.2) is 0 Å². The van der Waals surface area contributed by atoms with Crippen LogP contribution in [0.2, 0.25) is 5.02 Å². The van der Waals surface area contributed by atoms with E-state index in [1.54, 1.807) is 6.07 Å². The summed E-state index contributed by atoms with van der Waals surface area (Å²) in [6.45, 7) is 3.41. The fourth-order valence-electron chi connectivity index (χ4n) is 2.39. The lowest BCUT2D eigenvalue weighted by Gasteiger charge is -2.25. The average molecular weight is 298 g/mol. The zero-order chi connectivity index (χ0) is 14.8. The molecule has 2 N–H and O–H groups in total. The molecule has 1 atom stereocenters. The summed E-state index contributed by atoms with van der Waals surface area (Å²) in [5, 5.41) is 16.8. The van der Waals surface area contributed by atoms with Crippen molar-refractivity contribution < 1.29 is 9.72 Å². The van der Waals surface area contributed by atoms with Crippen molar-refractivity contribution in [3.05, 3.63) is 33.3 Å². The van der Waals surface area contributed by atoms with Gasteiger partial charge in [0.15, 0.2) is 0 Å². The minimum absolute atomic E-state index is 0.0562. The number of carbonyl (C=O) groups excluding carboxylic acids is 1. The molecule has 0 aliphatic carbocycles. The third-order valence-corrected chi connectivity index (χ3v) is 4.12. The molecule has 1 aromatic rings. The van der Waals surface area contributed by atoms with Crippen molar-refractivity contribution in [1.82, 2.24) is 5.32 Å². The molecule has 2 rings (SSSR count). The molecule has 0 radical (unpaired) electrons. The smallest absolute Gasteiger partial charge is 0.289 e. The summed E-state index contributed by atoms with van der Waals surface area (Å²) >= 11 is 5.75. The van der Waals surface area contributed by atoms with Crippen molar-refractivity contribution in [2.24, 2.45) is 5.41 Å². The Morgan fingerprint density at radius 2 is 2.35 bits per heavy atom. The van der Waals surface area contributed by atoms with Crippen LogP contribution in [-0.4, -0.2) is 23.9 Å². The highest BCUT2D eigenvalue weighted by atomic mass is 35.5. The number of nitro benzene ring substituents is 1. The van der Waals surface area contributed by atoms with Crippen LogP contribution in [-0.2, 0) is 4.79 Å². The first-order chi connectivity index (χ1) is 9.48. The van der Waals surface area contributed by atoms with Crippen molar-refractivity contribution in [3.8, 4) is 0 Å². The van der Waals surface area contributed by atoms with Gasteiger partial charge in [-0.2, -0.15) is 0 Å². The summed E-state index contributed by atoms with van der Waals surface area (Å²) in [4.78, 5) is 22.6. The van der Waals surface area contributed by atoms with Gasteiger partial charge in [0, 0.05) is 18.3 Å². The van der Waals surface area contributed by atoms with Crippen molar-refractivity contribution in [1.29, 1.82) is 0 Å². The molecule has 1 fully saturated rings. The minimum atomic E-state index is -0.565. The molecule has 1 unspecified atom stereocenters. The number of halogens is 1. The molecule has 0 bridgehead atoms. The molecule has 0 aromatic heterocycles. The van der Waals surface area contributed by atoms with Crippen LogP contribution in [0.4, 0.5) is 11.4 Å². The highest BCUT2D eigenvalue weighted by Gasteiger charge is 2.39. The minimum Gasteiger partial charge on any atom is -0.325 e. The molecule has 1 amide bonds. The van der Waals surface area contributed by atoms with Crippen LogP contribution in [0.3, 0.4) is 0 Å². The van der Waals surface area contributed by atoms with Gasteiger partial charge >= 0.3 is 0 Å². The molecule has 1 saturated heterocycles. The van der Waals surface area contributed by atoms with Crippen LogP contribution in [0, 0.1) is 15.5 Å². The van der Waals surface area contributed by atoms with Gasteiger partial charge in [0.1, 0.15) is 5.02 Å². The molecule has 0 saturated carbocycles. The fourth-order valence-corrected chi connectivity index (χ4v) is 2.58. The Morgan fingerprint density at radius 1 is 1.60 bits per heavy atom. The van der Waals surface area contributed by atoms with Gasteiger partial charge in [-0.1, -0.05) is 18.5 Å². The van der Waals surface area contributed by atoms with Gasteiger partial charge in [0.05, 0.1) is 10.3 Å². The molecule has 108 valence electrons. The second kappa shape index (κ2) is 5.76. The predicted octanol–water partition coefficient (Wildman–Crippen LogP) is 2.58. The highest BCUT2D eigenvalue weighted by molar-refractivity contribution is 6.32. The molecule has 1 aliphatic rings. The van der Waals surface area contributed by atoms with Crippen LogP contribution >= 0.6 is 11.6 Å². The van der Waals surface area contributed by atoms with E-state index in [1.165, 1.54) is 12.1 Å². The fraction of sp³-hybridized carbons (Fsp3) is 0.462. The average Bonchev–Trinajstić information content (AvgIpc) is 2.90. The lowest BCUT2D eigenvalue weighted by molar-refractivity contribution is -0.384. The number of amides is 1. The van der Waals surface area contributed by atoms with E-state index in [1.807, 2.05) is 6.92 Å². The summed E-state index contributed by atoms with van der Waals surface area (Å²) in [5.41, 5.74) is -0.251. The summed E-state index contributed by atoms with van der Waals surface area (Å²) < 4.78 is 0. The number of rotatable bonds is 4. The normalized spacial score (nSPS) is 21.7. The Hall–Kier alpha value is -1.66. The summed E-state index contributed by atoms with van der Waals surface area (Å²) in [7, 11) is 0. The number of hydrogen-bond donors (Lipinski definition) is 2. The van der Waals surface area contributed by atoms with Crippen molar-refractivity contribution in [2.75, 3.05) is 18.4 Å². The molecule has 1 aromatic carbocycles. The number of nitro groups is 1. The van der Waals surface area contributed by atoms with Gasteiger partial charge in [0.25, 0.3) is 5.69 Å². The summed E-state index contributed by atoms with van der Waals surface area (Å²) in [5.74, 6) is -0.110. The van der Waals surface area contributed by atoms with Crippen LogP contribution in [0.5, 0.6) is 0 Å². The van der Waals surface area contributed by atoms with E-state index >= 15 is 0 Å². The SMILES string of the molecule is CCC1(C(=O)Nc2ccc(Cl)c([N+](=O)[O-])c2)CCNC1. The zero-order valence-electron chi connectivity index (χ0n) is 11.1. The second-order valence-corrected chi connectivity index (χ2v) is 5.35. The molecule has 20 heavy (non-hydrogen) atoms. The van der Waals surface area contributed by atoms with Gasteiger partial charge < -0.3 is 10.6 Å². The Kier molecular flexibility index (Phi) is 4.25. The van der Waals surface area contributed by atoms with Crippen molar-refractivity contribution >= 4 is 28.9 Å². The molecule has 6 nitrogen and oxygen atoms in total. The molecular formula is C13H16ClN3O3. The van der Waals surface area contributed by atoms with E-state index in [2.05, 4.69) is 10.6 Å². The number of nitrogens with one attached hydrogen (secondary N) is 2. The van der Waals surface area contributed by atoms with E-state index in [0.717, 1.165) is 19.4 Å². The van der Waals surface area contributed by atoms with E-state index in [4.69, 9.17) is 11.6 Å². The number of anilines is 1. The van der Waals surface area contributed by atoms with Crippen LogP contribution < -0.4 is 10.6 Å². The highest BCUT2D eigenvalue weighted by Crippen LogP contribution is 2.32. The topological polar surface area (TPSA) is 84.3 Å². The number of hydrogen-bond acceptors (Lipinski definition) is 4. The molecular weight excluding hydrogens is 282 g/mol. The van der Waals surface area contributed by atoms with Crippen LogP contribution in [0.1, 0.15) is 19.8 Å². The molecule has 7 heteroatoms. The van der Waals surface area contributed by atoms with Gasteiger partial charge in [-0.15, -0.1) is 0 Å². The summed E-state index contributed by atoms with van der Waals surface area (Å²) in [6.07, 6.45) is 1.49. The quantitative estimate of drug-likeness (QED) is 0.661. The Bertz CT molecular complexity index is 542. The van der Waals surface area contributed by atoms with Crippen molar-refractivity contribution in [3.63, 3.8) is 0 Å². The number of nitrogens with zero attached hydrogens (tertiary/aromatic N) is 1. The third-order valence-electron chi connectivity index (χ3n) is 3.80. The van der Waals surface area contributed by atoms with Crippen LogP contribution in [0.15, 0.2) is 18.2 Å². The van der Waals surface area contributed by atoms with E-state index in [0.29, 0.717) is 12.2 Å². The van der Waals surface area contributed by atoms with Crippen molar-refractivity contribution in [2.45, 2.75) is 19.8 Å². The Balaban J connectivity index is 2.19. The predicted molar refractivity (Wildman–Crippen MR) is 76.9 cm³/mol. The first-order valence-corrected chi connectivity index (χ1v) is 6.82. The summed E-state index contributed by atoms with van der Waals surface area (Å²) in [6, 6.07) is 4.27. The second-order valence-electron chi connectivity index (χ2n) is 4.94. The Labute approximate surface area is 121 Å². The molecule has 1 heterocycles. The van der Waals surface area contributed by atoms with Gasteiger partial charge in [-0.3, -0.25) is 14.9 Å². The number of carbonyl (C=O) groups is 1. The Morgan fingerprint density at radius 3 is 2.90 bits per heavy atom. The van der Waals surface area contributed by atoms with E-state index in [9.17, 15) is 14.9 Å². The lowest BCUT2D eigenvalue weighted by atomic mass is 9.83. The maximum Gasteiger partial charge on any atom is 0.289 e. The lowest BCUT2D eigenvalue weighted by Crippen LogP contribution is -2.37. The maximum absolute atomic E-state index is 12.4. The van der Waals surface area contributed by atoms with Gasteiger partial charge in [0.2, 0.25) is 5.91 Å². The molecule has 1 aliphatic heterocycles. The maximum atomic E-state index is 12.4.